The van der Waals surface area contributed by atoms with E-state index in [2.05, 4.69) is 37.4 Å². The lowest BCUT2D eigenvalue weighted by molar-refractivity contribution is 0.149. The van der Waals surface area contributed by atoms with Crippen molar-refractivity contribution in [2.45, 2.75) is 25.9 Å². The monoisotopic (exact) mass is 216 g/mol. The van der Waals surface area contributed by atoms with E-state index in [9.17, 15) is 0 Å². The van der Waals surface area contributed by atoms with Crippen molar-refractivity contribution < 1.29 is 4.74 Å². The van der Waals surface area contributed by atoms with Crippen LogP contribution in [-0.2, 0) is 17.8 Å². The van der Waals surface area contributed by atoms with Crippen LogP contribution in [0.1, 0.15) is 24.0 Å². The number of hydrogen-bond acceptors (Lipinski definition) is 1. The van der Waals surface area contributed by atoms with Crippen molar-refractivity contribution in [3.8, 4) is 0 Å². The first-order chi connectivity index (χ1) is 7.86. The predicted octanol–water partition coefficient (Wildman–Crippen LogP) is 3.90. The third-order valence-corrected chi connectivity index (χ3v) is 2.37. The van der Waals surface area contributed by atoms with Gasteiger partial charge in [-0.25, -0.2) is 0 Å². The molecule has 0 saturated carbocycles. The highest BCUT2D eigenvalue weighted by atomic mass is 16.5. The SMILES string of the molecule is C=CCCCc1cccc(COCC=C)c1. The van der Waals surface area contributed by atoms with Crippen LogP contribution in [0, 0.1) is 0 Å². The Hall–Kier alpha value is -1.34. The highest BCUT2D eigenvalue weighted by Crippen LogP contribution is 2.10. The summed E-state index contributed by atoms with van der Waals surface area (Å²) in [7, 11) is 0. The van der Waals surface area contributed by atoms with E-state index in [0.29, 0.717) is 13.2 Å². The second-order valence-corrected chi connectivity index (χ2v) is 3.80. The summed E-state index contributed by atoms with van der Waals surface area (Å²) in [6.45, 7) is 8.63. The molecule has 1 heteroatoms. The Morgan fingerprint density at radius 3 is 2.69 bits per heavy atom. The molecular weight excluding hydrogens is 196 g/mol. The number of rotatable bonds is 8. The zero-order valence-electron chi connectivity index (χ0n) is 9.82. The molecule has 1 rings (SSSR count). The molecule has 0 radical (unpaired) electrons. The van der Waals surface area contributed by atoms with Crippen molar-refractivity contribution in [2.24, 2.45) is 0 Å². The Kier molecular flexibility index (Phi) is 6.28. The van der Waals surface area contributed by atoms with Crippen LogP contribution in [0.4, 0.5) is 0 Å². The maximum absolute atomic E-state index is 5.42. The minimum absolute atomic E-state index is 0.612. The number of benzene rings is 1. The minimum Gasteiger partial charge on any atom is -0.373 e. The van der Waals surface area contributed by atoms with Gasteiger partial charge in [0.25, 0.3) is 0 Å². The predicted molar refractivity (Wildman–Crippen MR) is 69.4 cm³/mol. The van der Waals surface area contributed by atoms with Gasteiger partial charge in [-0.05, 0) is 30.4 Å². The lowest BCUT2D eigenvalue weighted by atomic mass is 10.1. The zero-order valence-corrected chi connectivity index (χ0v) is 9.82. The van der Waals surface area contributed by atoms with E-state index in [1.165, 1.54) is 17.5 Å². The Morgan fingerprint density at radius 2 is 1.94 bits per heavy atom. The number of ether oxygens (including phenoxy) is 1. The average Bonchev–Trinajstić information content (AvgIpc) is 2.30. The number of allylic oxidation sites excluding steroid dienone is 1. The Bertz CT molecular complexity index is 299. The molecule has 0 aliphatic carbocycles. The molecule has 0 fully saturated rings. The standard InChI is InChI=1S/C15H20O/c1-3-5-6-8-14-9-7-10-15(12-14)13-16-11-4-2/h3-4,7,9-10,12H,1-2,5-6,8,11,13H2. The molecule has 86 valence electrons. The lowest BCUT2D eigenvalue weighted by Crippen LogP contribution is -1.94. The van der Waals surface area contributed by atoms with E-state index in [1.54, 1.807) is 6.08 Å². The van der Waals surface area contributed by atoms with Crippen molar-refractivity contribution in [3.05, 3.63) is 60.7 Å². The first kappa shape index (κ1) is 12.7. The maximum Gasteiger partial charge on any atom is 0.0721 e. The summed E-state index contributed by atoms with van der Waals surface area (Å²) >= 11 is 0. The van der Waals surface area contributed by atoms with Crippen LogP contribution in [-0.4, -0.2) is 6.61 Å². The number of aryl methyl sites for hydroxylation is 1. The molecule has 0 N–H and O–H groups in total. The van der Waals surface area contributed by atoms with Gasteiger partial charge in [0.15, 0.2) is 0 Å². The highest BCUT2D eigenvalue weighted by molar-refractivity contribution is 5.23. The molecule has 1 nitrogen and oxygen atoms in total. The fraction of sp³-hybridized carbons (Fsp3) is 0.333. The lowest BCUT2D eigenvalue weighted by Gasteiger charge is -2.05. The van der Waals surface area contributed by atoms with E-state index >= 15 is 0 Å². The van der Waals surface area contributed by atoms with Crippen LogP contribution in [0.25, 0.3) is 0 Å². The smallest absolute Gasteiger partial charge is 0.0721 e. The van der Waals surface area contributed by atoms with Crippen LogP contribution < -0.4 is 0 Å². The Labute approximate surface area is 98.5 Å². The zero-order chi connectivity index (χ0) is 11.6. The molecule has 0 aliphatic heterocycles. The molecule has 16 heavy (non-hydrogen) atoms. The van der Waals surface area contributed by atoms with E-state index < -0.39 is 0 Å². The van der Waals surface area contributed by atoms with E-state index in [-0.39, 0.29) is 0 Å². The van der Waals surface area contributed by atoms with Crippen LogP contribution in [0.3, 0.4) is 0 Å². The third-order valence-electron chi connectivity index (χ3n) is 2.37. The van der Waals surface area contributed by atoms with Gasteiger partial charge in [0.05, 0.1) is 13.2 Å². The Morgan fingerprint density at radius 1 is 1.12 bits per heavy atom. The first-order valence-corrected chi connectivity index (χ1v) is 5.74. The summed E-state index contributed by atoms with van der Waals surface area (Å²) in [5.74, 6) is 0. The van der Waals surface area contributed by atoms with Gasteiger partial charge in [-0.1, -0.05) is 36.4 Å². The summed E-state index contributed by atoms with van der Waals surface area (Å²) in [6, 6.07) is 8.57. The van der Waals surface area contributed by atoms with Crippen LogP contribution in [0.15, 0.2) is 49.6 Å². The summed E-state index contributed by atoms with van der Waals surface area (Å²) in [5, 5.41) is 0. The average molecular weight is 216 g/mol. The largest absolute Gasteiger partial charge is 0.373 e. The fourth-order valence-corrected chi connectivity index (χ4v) is 1.59. The van der Waals surface area contributed by atoms with Crippen LogP contribution in [0.2, 0.25) is 0 Å². The van der Waals surface area contributed by atoms with E-state index in [1.807, 2.05) is 6.08 Å². The van der Waals surface area contributed by atoms with Crippen molar-refractivity contribution in [3.63, 3.8) is 0 Å². The minimum atomic E-state index is 0.612. The summed E-state index contributed by atoms with van der Waals surface area (Å²) in [6.07, 6.45) is 7.10. The van der Waals surface area contributed by atoms with Crippen molar-refractivity contribution in [1.82, 2.24) is 0 Å². The van der Waals surface area contributed by atoms with Gasteiger partial charge in [0, 0.05) is 0 Å². The molecule has 0 amide bonds. The molecule has 0 heterocycles. The molecule has 1 aromatic rings. The molecule has 0 spiro atoms. The molecule has 0 aromatic heterocycles. The fourth-order valence-electron chi connectivity index (χ4n) is 1.59. The molecule has 0 aliphatic rings. The van der Waals surface area contributed by atoms with Gasteiger partial charge >= 0.3 is 0 Å². The maximum atomic E-state index is 5.42. The summed E-state index contributed by atoms with van der Waals surface area (Å²) < 4.78 is 5.42. The highest BCUT2D eigenvalue weighted by Gasteiger charge is 1.96. The molecule has 0 atom stereocenters. The second kappa shape index (κ2) is 7.89. The Balaban J connectivity index is 2.43. The molecule has 1 aromatic carbocycles. The summed E-state index contributed by atoms with van der Waals surface area (Å²) in [4.78, 5) is 0. The van der Waals surface area contributed by atoms with Gasteiger partial charge in [-0.15, -0.1) is 13.2 Å². The van der Waals surface area contributed by atoms with Crippen molar-refractivity contribution >= 4 is 0 Å². The first-order valence-electron chi connectivity index (χ1n) is 5.74. The van der Waals surface area contributed by atoms with Crippen LogP contribution in [0.5, 0.6) is 0 Å². The molecule has 0 saturated heterocycles. The van der Waals surface area contributed by atoms with Gasteiger partial charge in [-0.2, -0.15) is 0 Å². The van der Waals surface area contributed by atoms with Gasteiger partial charge < -0.3 is 4.74 Å². The number of unbranched alkanes of at least 4 members (excludes halogenated alkanes) is 1. The second-order valence-electron chi connectivity index (χ2n) is 3.80. The van der Waals surface area contributed by atoms with E-state index in [4.69, 9.17) is 4.74 Å². The van der Waals surface area contributed by atoms with Crippen molar-refractivity contribution in [2.75, 3.05) is 6.61 Å². The molecule has 0 unspecified atom stereocenters. The van der Waals surface area contributed by atoms with E-state index in [0.717, 1.165) is 12.8 Å². The molecular formula is C15H20O. The van der Waals surface area contributed by atoms with Gasteiger partial charge in [-0.3, -0.25) is 0 Å². The van der Waals surface area contributed by atoms with Crippen molar-refractivity contribution in [1.29, 1.82) is 0 Å². The van der Waals surface area contributed by atoms with Crippen LogP contribution >= 0.6 is 0 Å². The van der Waals surface area contributed by atoms with Gasteiger partial charge in [0.2, 0.25) is 0 Å². The number of hydrogen-bond donors (Lipinski definition) is 0. The topological polar surface area (TPSA) is 9.23 Å². The third kappa shape index (κ3) is 4.94. The quantitative estimate of drug-likeness (QED) is 0.473. The molecule has 0 bridgehead atoms. The normalized spacial score (nSPS) is 10.0. The van der Waals surface area contributed by atoms with Gasteiger partial charge in [0.1, 0.15) is 0 Å². The summed E-state index contributed by atoms with van der Waals surface area (Å²) in [5.41, 5.74) is 2.61.